The number of thioether (sulfide) groups is 1. The van der Waals surface area contributed by atoms with Gasteiger partial charge < -0.3 is 9.13 Å². The zero-order valence-electron chi connectivity index (χ0n) is 18.7. The van der Waals surface area contributed by atoms with Crippen molar-refractivity contribution in [2.75, 3.05) is 18.8 Å². The molecular formula is C24H31N5OS. The van der Waals surface area contributed by atoms with E-state index in [-0.39, 0.29) is 5.78 Å². The highest BCUT2D eigenvalue weighted by atomic mass is 32.2. The van der Waals surface area contributed by atoms with E-state index in [1.54, 1.807) is 0 Å². The van der Waals surface area contributed by atoms with Crippen molar-refractivity contribution in [1.29, 1.82) is 0 Å². The van der Waals surface area contributed by atoms with E-state index in [0.29, 0.717) is 5.75 Å². The SMILES string of the molecule is Cc1cc(C(=O)CSc2nnc(CN3CCCCC3)n2Cc2ccccc2)c(C)n1C. The zero-order chi connectivity index (χ0) is 21.8. The number of aromatic nitrogens is 4. The minimum absolute atomic E-state index is 0.137. The van der Waals surface area contributed by atoms with Crippen molar-refractivity contribution in [2.24, 2.45) is 7.05 Å². The molecule has 0 amide bonds. The second kappa shape index (κ2) is 9.83. The minimum Gasteiger partial charge on any atom is -0.351 e. The lowest BCUT2D eigenvalue weighted by atomic mass is 10.1. The van der Waals surface area contributed by atoms with Crippen LogP contribution in [0.1, 0.15) is 52.4 Å². The van der Waals surface area contributed by atoms with Crippen LogP contribution in [0.15, 0.2) is 41.6 Å². The van der Waals surface area contributed by atoms with Crippen LogP contribution >= 0.6 is 11.8 Å². The third-order valence-corrected chi connectivity index (χ3v) is 7.17. The Kier molecular flexibility index (Phi) is 6.92. The molecule has 2 aromatic heterocycles. The van der Waals surface area contributed by atoms with Crippen molar-refractivity contribution in [1.82, 2.24) is 24.2 Å². The average Bonchev–Trinajstić information content (AvgIpc) is 3.28. The molecule has 0 N–H and O–H groups in total. The molecular weight excluding hydrogens is 406 g/mol. The van der Waals surface area contributed by atoms with E-state index in [1.165, 1.54) is 36.6 Å². The molecule has 1 aliphatic heterocycles. The smallest absolute Gasteiger partial charge is 0.192 e. The predicted octanol–water partition coefficient (Wildman–Crippen LogP) is 4.24. The number of hydrogen-bond donors (Lipinski definition) is 0. The fraction of sp³-hybridized carbons (Fsp3) is 0.458. The summed E-state index contributed by atoms with van der Waals surface area (Å²) >= 11 is 1.49. The number of benzene rings is 1. The van der Waals surface area contributed by atoms with E-state index in [0.717, 1.165) is 54.1 Å². The van der Waals surface area contributed by atoms with Gasteiger partial charge in [0.05, 0.1) is 18.8 Å². The Morgan fingerprint density at radius 3 is 2.45 bits per heavy atom. The molecule has 0 spiro atoms. The number of Topliss-reactive ketones (excluding diaryl/α,β-unsaturated/α-hetero) is 1. The summed E-state index contributed by atoms with van der Waals surface area (Å²) in [4.78, 5) is 15.4. The molecule has 1 aliphatic rings. The van der Waals surface area contributed by atoms with Gasteiger partial charge in [-0.2, -0.15) is 0 Å². The number of hydrogen-bond acceptors (Lipinski definition) is 5. The van der Waals surface area contributed by atoms with Crippen LogP contribution in [0.5, 0.6) is 0 Å². The topological polar surface area (TPSA) is 56.0 Å². The molecule has 7 heteroatoms. The first-order valence-electron chi connectivity index (χ1n) is 11.0. The number of piperidine rings is 1. The monoisotopic (exact) mass is 437 g/mol. The largest absolute Gasteiger partial charge is 0.351 e. The van der Waals surface area contributed by atoms with Crippen LogP contribution in [0.25, 0.3) is 0 Å². The molecule has 3 aromatic rings. The molecule has 0 radical (unpaired) electrons. The lowest BCUT2D eigenvalue weighted by Gasteiger charge is -2.26. The third kappa shape index (κ3) is 5.10. The van der Waals surface area contributed by atoms with Crippen LogP contribution in [0.4, 0.5) is 0 Å². The van der Waals surface area contributed by atoms with Gasteiger partial charge in [-0.15, -0.1) is 10.2 Å². The third-order valence-electron chi connectivity index (χ3n) is 6.20. The van der Waals surface area contributed by atoms with Crippen molar-refractivity contribution in [3.8, 4) is 0 Å². The summed E-state index contributed by atoms with van der Waals surface area (Å²) in [6, 6.07) is 12.4. The first kappa shape index (κ1) is 21.8. The number of ketones is 1. The van der Waals surface area contributed by atoms with Gasteiger partial charge in [-0.1, -0.05) is 48.5 Å². The lowest BCUT2D eigenvalue weighted by molar-refractivity contribution is 0.102. The van der Waals surface area contributed by atoms with Gasteiger partial charge in [0.1, 0.15) is 5.82 Å². The molecule has 0 atom stereocenters. The average molecular weight is 438 g/mol. The summed E-state index contributed by atoms with van der Waals surface area (Å²) in [5.41, 5.74) is 4.13. The molecule has 0 unspecified atom stereocenters. The minimum atomic E-state index is 0.137. The van der Waals surface area contributed by atoms with Gasteiger partial charge in [0, 0.05) is 24.0 Å². The summed E-state index contributed by atoms with van der Waals surface area (Å²) in [5, 5.41) is 9.82. The van der Waals surface area contributed by atoms with E-state index < -0.39 is 0 Å². The second-order valence-corrected chi connectivity index (χ2v) is 9.31. The number of carbonyl (C=O) groups is 1. The Morgan fingerprint density at radius 2 is 1.77 bits per heavy atom. The summed E-state index contributed by atoms with van der Waals surface area (Å²) < 4.78 is 4.25. The highest BCUT2D eigenvalue weighted by Gasteiger charge is 2.20. The van der Waals surface area contributed by atoms with E-state index >= 15 is 0 Å². The lowest BCUT2D eigenvalue weighted by Crippen LogP contribution is -2.30. The predicted molar refractivity (Wildman–Crippen MR) is 125 cm³/mol. The summed E-state index contributed by atoms with van der Waals surface area (Å²) in [6.45, 7) is 7.79. The maximum absolute atomic E-state index is 12.9. The zero-order valence-corrected chi connectivity index (χ0v) is 19.5. The number of nitrogens with zero attached hydrogens (tertiary/aromatic N) is 5. The van der Waals surface area contributed by atoms with Crippen molar-refractivity contribution >= 4 is 17.5 Å². The van der Waals surface area contributed by atoms with Crippen LogP contribution in [-0.4, -0.2) is 48.9 Å². The van der Waals surface area contributed by atoms with Crippen molar-refractivity contribution in [3.63, 3.8) is 0 Å². The maximum Gasteiger partial charge on any atom is 0.192 e. The van der Waals surface area contributed by atoms with Crippen LogP contribution in [0.3, 0.4) is 0 Å². The molecule has 0 aliphatic carbocycles. The Hall–Kier alpha value is -2.38. The summed E-state index contributed by atoms with van der Waals surface area (Å²) in [5.74, 6) is 1.48. The van der Waals surface area contributed by atoms with Gasteiger partial charge in [-0.25, -0.2) is 0 Å². The first-order chi connectivity index (χ1) is 15.0. The van der Waals surface area contributed by atoms with E-state index in [9.17, 15) is 4.79 Å². The maximum atomic E-state index is 12.9. The van der Waals surface area contributed by atoms with Crippen LogP contribution in [0.2, 0.25) is 0 Å². The second-order valence-electron chi connectivity index (χ2n) is 8.36. The van der Waals surface area contributed by atoms with Gasteiger partial charge in [-0.3, -0.25) is 9.69 Å². The molecule has 1 saturated heterocycles. The molecule has 0 saturated carbocycles. The standard InChI is InChI=1S/C24H31N5OS/c1-18-14-21(19(2)27(18)3)22(30)17-31-24-26-25-23(16-28-12-8-5-9-13-28)29(24)15-20-10-6-4-7-11-20/h4,6-7,10-11,14H,5,8-9,12-13,15-17H2,1-3H3. The van der Waals surface area contributed by atoms with Crippen LogP contribution in [0, 0.1) is 13.8 Å². The van der Waals surface area contributed by atoms with Gasteiger partial charge >= 0.3 is 0 Å². The van der Waals surface area contributed by atoms with Crippen LogP contribution in [-0.2, 0) is 20.1 Å². The first-order valence-corrected chi connectivity index (χ1v) is 12.0. The highest BCUT2D eigenvalue weighted by molar-refractivity contribution is 7.99. The number of likely N-dealkylation sites (tertiary alicyclic amines) is 1. The number of carbonyl (C=O) groups excluding carboxylic acids is 1. The van der Waals surface area contributed by atoms with Gasteiger partial charge in [-0.05, 0) is 51.4 Å². The summed E-state index contributed by atoms with van der Waals surface area (Å²) in [6.07, 6.45) is 3.81. The molecule has 1 fully saturated rings. The van der Waals surface area contributed by atoms with E-state index in [2.05, 4.69) is 48.5 Å². The Bertz CT molecular complexity index is 1030. The van der Waals surface area contributed by atoms with E-state index in [4.69, 9.17) is 0 Å². The van der Waals surface area contributed by atoms with Gasteiger partial charge in [0.25, 0.3) is 0 Å². The van der Waals surface area contributed by atoms with Gasteiger partial charge in [0.2, 0.25) is 0 Å². The molecule has 3 heterocycles. The molecule has 164 valence electrons. The molecule has 1 aromatic carbocycles. The molecule has 0 bridgehead atoms. The molecule has 6 nitrogen and oxygen atoms in total. The fourth-order valence-electron chi connectivity index (χ4n) is 4.13. The highest BCUT2D eigenvalue weighted by Crippen LogP contribution is 2.23. The Balaban J connectivity index is 1.52. The number of rotatable bonds is 8. The summed E-state index contributed by atoms with van der Waals surface area (Å²) in [7, 11) is 2.00. The van der Waals surface area contributed by atoms with Crippen molar-refractivity contribution < 1.29 is 4.79 Å². The quantitative estimate of drug-likeness (QED) is 0.390. The Morgan fingerprint density at radius 1 is 1.03 bits per heavy atom. The Labute approximate surface area is 188 Å². The molecule has 4 rings (SSSR count). The van der Waals surface area contributed by atoms with Crippen molar-refractivity contribution in [2.45, 2.75) is 51.4 Å². The van der Waals surface area contributed by atoms with E-state index in [1.807, 2.05) is 33.0 Å². The van der Waals surface area contributed by atoms with Crippen LogP contribution < -0.4 is 0 Å². The van der Waals surface area contributed by atoms with Crippen molar-refractivity contribution in [3.05, 3.63) is 64.7 Å². The fourth-order valence-corrected chi connectivity index (χ4v) is 4.97. The van der Waals surface area contributed by atoms with Gasteiger partial charge in [0.15, 0.2) is 10.9 Å². The molecule has 31 heavy (non-hydrogen) atoms. The number of aryl methyl sites for hydroxylation is 1. The normalized spacial score (nSPS) is 14.8.